The van der Waals surface area contributed by atoms with Crippen molar-refractivity contribution in [1.29, 1.82) is 0 Å². The van der Waals surface area contributed by atoms with E-state index in [1.807, 2.05) is 30.3 Å². The topological polar surface area (TPSA) is 54.5 Å². The van der Waals surface area contributed by atoms with Gasteiger partial charge in [-0.1, -0.05) is 18.2 Å². The summed E-state index contributed by atoms with van der Waals surface area (Å²) in [7, 11) is 2.09. The molecule has 0 saturated heterocycles. The average molecular weight is 303 g/mol. The van der Waals surface area contributed by atoms with Gasteiger partial charge in [-0.25, -0.2) is 4.98 Å². The fourth-order valence-corrected chi connectivity index (χ4v) is 3.30. The molecule has 6 heteroatoms. The molecule has 1 amide bonds. The number of anilines is 1. The van der Waals surface area contributed by atoms with E-state index in [1.165, 1.54) is 4.88 Å². The number of thiazole rings is 1. The molecule has 0 fully saturated rings. The first-order valence-corrected chi connectivity index (χ1v) is 7.67. The number of carbonyl (C=O) groups excluding carboxylic acids is 1. The Labute approximate surface area is 127 Å². The van der Waals surface area contributed by atoms with Gasteiger partial charge >= 0.3 is 0 Å². The molecule has 1 aliphatic rings. The van der Waals surface area contributed by atoms with E-state index in [2.05, 4.69) is 22.2 Å². The van der Waals surface area contributed by atoms with Crippen LogP contribution in [-0.4, -0.2) is 36.0 Å². The third-order valence-corrected chi connectivity index (χ3v) is 4.28. The third-order valence-electron chi connectivity index (χ3n) is 3.28. The van der Waals surface area contributed by atoms with Crippen LogP contribution in [0.25, 0.3) is 0 Å². The van der Waals surface area contributed by atoms with Crippen LogP contribution < -0.4 is 10.1 Å². The number of hydrogen-bond acceptors (Lipinski definition) is 5. The molecule has 0 aliphatic carbocycles. The molecular formula is C15H17N3O2S. The highest BCUT2D eigenvalue weighted by atomic mass is 32.1. The third kappa shape index (κ3) is 3.59. The minimum atomic E-state index is -0.182. The Morgan fingerprint density at radius 1 is 1.43 bits per heavy atom. The minimum absolute atomic E-state index is 0.00579. The molecule has 1 aromatic carbocycles. The van der Waals surface area contributed by atoms with Crippen molar-refractivity contribution in [1.82, 2.24) is 9.88 Å². The summed E-state index contributed by atoms with van der Waals surface area (Å²) in [5, 5.41) is 3.47. The molecule has 0 saturated carbocycles. The summed E-state index contributed by atoms with van der Waals surface area (Å²) in [4.78, 5) is 19.9. The summed E-state index contributed by atoms with van der Waals surface area (Å²) < 4.78 is 5.42. The number of carbonyl (C=O) groups is 1. The lowest BCUT2D eigenvalue weighted by molar-refractivity contribution is -0.118. The summed E-state index contributed by atoms with van der Waals surface area (Å²) >= 11 is 1.55. The van der Waals surface area contributed by atoms with Crippen LogP contribution in [0, 0.1) is 0 Å². The van der Waals surface area contributed by atoms with Crippen molar-refractivity contribution >= 4 is 22.4 Å². The summed E-state index contributed by atoms with van der Waals surface area (Å²) in [6.07, 6.45) is 0.943. The Kier molecular flexibility index (Phi) is 4.17. The summed E-state index contributed by atoms with van der Waals surface area (Å²) in [6.45, 7) is 1.92. The van der Waals surface area contributed by atoms with E-state index in [1.54, 1.807) is 11.3 Å². The highest BCUT2D eigenvalue weighted by Gasteiger charge is 2.19. The van der Waals surface area contributed by atoms with Gasteiger partial charge in [-0.05, 0) is 19.2 Å². The minimum Gasteiger partial charge on any atom is -0.484 e. The number of rotatable bonds is 4. The number of benzene rings is 1. The number of likely N-dealkylation sites (N-methyl/N-ethyl adjacent to an activating group) is 1. The number of fused-ring (bicyclic) bond motifs is 1. The molecule has 2 aromatic rings. The maximum absolute atomic E-state index is 11.9. The first-order valence-electron chi connectivity index (χ1n) is 6.85. The molecule has 0 radical (unpaired) electrons. The van der Waals surface area contributed by atoms with Crippen LogP contribution in [0.5, 0.6) is 5.75 Å². The number of nitrogens with zero attached hydrogens (tertiary/aromatic N) is 2. The number of nitrogens with one attached hydrogen (secondary N) is 1. The Morgan fingerprint density at radius 3 is 3.05 bits per heavy atom. The highest BCUT2D eigenvalue weighted by molar-refractivity contribution is 7.15. The van der Waals surface area contributed by atoms with E-state index in [-0.39, 0.29) is 12.5 Å². The fraction of sp³-hybridized carbons (Fsp3) is 0.333. The molecule has 1 N–H and O–H groups in total. The van der Waals surface area contributed by atoms with Crippen molar-refractivity contribution in [2.24, 2.45) is 0 Å². The smallest absolute Gasteiger partial charge is 0.264 e. The second kappa shape index (κ2) is 6.24. The van der Waals surface area contributed by atoms with E-state index >= 15 is 0 Å². The van der Waals surface area contributed by atoms with Gasteiger partial charge in [0.1, 0.15) is 5.75 Å². The van der Waals surface area contributed by atoms with Crippen LogP contribution in [0.1, 0.15) is 10.6 Å². The molecule has 1 aromatic heterocycles. The largest absolute Gasteiger partial charge is 0.484 e. The number of ether oxygens (including phenoxy) is 1. The van der Waals surface area contributed by atoms with Gasteiger partial charge in [-0.3, -0.25) is 10.1 Å². The molecule has 0 bridgehead atoms. The first kappa shape index (κ1) is 14.0. The number of para-hydroxylation sites is 1. The van der Waals surface area contributed by atoms with Crippen molar-refractivity contribution in [3.05, 3.63) is 40.9 Å². The Hall–Kier alpha value is -1.92. The van der Waals surface area contributed by atoms with Gasteiger partial charge in [-0.2, -0.15) is 0 Å². The van der Waals surface area contributed by atoms with Gasteiger partial charge in [0.15, 0.2) is 11.7 Å². The van der Waals surface area contributed by atoms with Crippen molar-refractivity contribution < 1.29 is 9.53 Å². The van der Waals surface area contributed by atoms with E-state index in [0.717, 1.165) is 25.2 Å². The molecule has 0 atom stereocenters. The van der Waals surface area contributed by atoms with Gasteiger partial charge in [0.25, 0.3) is 5.91 Å². The highest BCUT2D eigenvalue weighted by Crippen LogP contribution is 2.27. The number of amides is 1. The van der Waals surface area contributed by atoms with Crippen molar-refractivity contribution in [3.8, 4) is 5.75 Å². The molecule has 3 rings (SSSR count). The van der Waals surface area contributed by atoms with Gasteiger partial charge in [0, 0.05) is 24.4 Å². The predicted molar refractivity (Wildman–Crippen MR) is 82.7 cm³/mol. The zero-order chi connectivity index (χ0) is 14.7. The zero-order valence-corrected chi connectivity index (χ0v) is 12.7. The lowest BCUT2D eigenvalue weighted by Crippen LogP contribution is -2.25. The average Bonchev–Trinajstić information content (AvgIpc) is 2.87. The second-order valence-corrected chi connectivity index (χ2v) is 6.11. The lowest BCUT2D eigenvalue weighted by Gasteiger charge is -2.20. The van der Waals surface area contributed by atoms with Crippen LogP contribution in [-0.2, 0) is 17.8 Å². The molecule has 110 valence electrons. The predicted octanol–water partition coefficient (Wildman–Crippen LogP) is 2.15. The summed E-state index contributed by atoms with van der Waals surface area (Å²) in [5.74, 6) is 0.506. The van der Waals surface area contributed by atoms with Gasteiger partial charge in [0.2, 0.25) is 0 Å². The van der Waals surface area contributed by atoms with Gasteiger partial charge in [-0.15, -0.1) is 11.3 Å². The van der Waals surface area contributed by atoms with Crippen molar-refractivity contribution in [2.75, 3.05) is 25.5 Å². The number of hydrogen-bond donors (Lipinski definition) is 1. The van der Waals surface area contributed by atoms with Crippen LogP contribution in [0.2, 0.25) is 0 Å². The quantitative estimate of drug-likeness (QED) is 0.940. The summed E-state index contributed by atoms with van der Waals surface area (Å²) in [6, 6.07) is 9.30. The Morgan fingerprint density at radius 2 is 2.24 bits per heavy atom. The molecule has 0 spiro atoms. The van der Waals surface area contributed by atoms with Crippen LogP contribution >= 0.6 is 11.3 Å². The summed E-state index contributed by atoms with van der Waals surface area (Å²) in [5.41, 5.74) is 1.11. The molecule has 5 nitrogen and oxygen atoms in total. The first-order chi connectivity index (χ1) is 10.2. The van der Waals surface area contributed by atoms with E-state index in [9.17, 15) is 4.79 Å². The van der Waals surface area contributed by atoms with E-state index in [0.29, 0.717) is 10.9 Å². The lowest BCUT2D eigenvalue weighted by atomic mass is 10.2. The molecular weight excluding hydrogens is 286 g/mol. The standard InChI is InChI=1S/C15H17N3O2S/c1-18-8-7-12-13(9-18)21-15(16-12)17-14(19)10-20-11-5-3-2-4-6-11/h2-6H,7-10H2,1H3,(H,16,17,19). The SMILES string of the molecule is CN1CCc2nc(NC(=O)COc3ccccc3)sc2C1. The van der Waals surface area contributed by atoms with E-state index in [4.69, 9.17) is 4.74 Å². The molecule has 2 heterocycles. The van der Waals surface area contributed by atoms with E-state index < -0.39 is 0 Å². The maximum atomic E-state index is 11.9. The van der Waals surface area contributed by atoms with Gasteiger partial charge in [0.05, 0.1) is 5.69 Å². The molecule has 0 unspecified atom stereocenters. The van der Waals surface area contributed by atoms with Gasteiger partial charge < -0.3 is 9.64 Å². The van der Waals surface area contributed by atoms with Crippen LogP contribution in [0.3, 0.4) is 0 Å². The molecule has 1 aliphatic heterocycles. The Bertz CT molecular complexity index is 627. The maximum Gasteiger partial charge on any atom is 0.264 e. The Balaban J connectivity index is 1.55. The van der Waals surface area contributed by atoms with Crippen LogP contribution in [0.4, 0.5) is 5.13 Å². The van der Waals surface area contributed by atoms with Crippen molar-refractivity contribution in [2.45, 2.75) is 13.0 Å². The monoisotopic (exact) mass is 303 g/mol. The van der Waals surface area contributed by atoms with Crippen LogP contribution in [0.15, 0.2) is 30.3 Å². The number of aromatic nitrogens is 1. The second-order valence-electron chi connectivity index (χ2n) is 5.03. The van der Waals surface area contributed by atoms with Crippen molar-refractivity contribution in [3.63, 3.8) is 0 Å². The normalized spacial score (nSPS) is 14.5. The zero-order valence-electron chi connectivity index (χ0n) is 11.8. The molecule has 21 heavy (non-hydrogen) atoms. The fourth-order valence-electron chi connectivity index (χ4n) is 2.20.